The Labute approximate surface area is 129 Å². The van der Waals surface area contributed by atoms with Gasteiger partial charge >= 0.3 is 0 Å². The van der Waals surface area contributed by atoms with Crippen molar-refractivity contribution in [1.82, 2.24) is 14.5 Å². The lowest BCUT2D eigenvalue weighted by molar-refractivity contribution is 0.0744. The van der Waals surface area contributed by atoms with E-state index in [1.807, 2.05) is 13.8 Å². The second kappa shape index (κ2) is 7.64. The molecule has 5 nitrogen and oxygen atoms in total. The maximum absolute atomic E-state index is 12.7. The number of nitrogens with two attached hydrogens (primary N) is 1. The van der Waals surface area contributed by atoms with Gasteiger partial charge in [0, 0.05) is 19.5 Å². The standard InChI is InChI=1S/C13H22N4OS2/c1-8(2)7-17(6-5-10(14)19)13(18)12-11(9(3)4)15-16-20-12/h8-9H,5-7H2,1-4H3,(H2,14,19). The summed E-state index contributed by atoms with van der Waals surface area (Å²) in [6.45, 7) is 9.40. The molecule has 1 amide bonds. The number of carbonyl (C=O) groups excluding carboxylic acids is 1. The lowest BCUT2D eigenvalue weighted by Crippen LogP contribution is -2.36. The van der Waals surface area contributed by atoms with E-state index in [1.165, 1.54) is 0 Å². The maximum atomic E-state index is 12.7. The van der Waals surface area contributed by atoms with Gasteiger partial charge in [0.15, 0.2) is 0 Å². The van der Waals surface area contributed by atoms with Crippen LogP contribution in [0.25, 0.3) is 0 Å². The third kappa shape index (κ3) is 4.79. The fraction of sp³-hybridized carbons (Fsp3) is 0.692. The SMILES string of the molecule is CC(C)CN(CCC(N)=S)C(=O)c1snnc1C(C)C. The average molecular weight is 314 g/mol. The van der Waals surface area contributed by atoms with Crippen LogP contribution in [0.4, 0.5) is 0 Å². The molecule has 1 aromatic rings. The smallest absolute Gasteiger partial charge is 0.267 e. The van der Waals surface area contributed by atoms with Crippen molar-refractivity contribution in [2.45, 2.75) is 40.0 Å². The largest absolute Gasteiger partial charge is 0.393 e. The van der Waals surface area contributed by atoms with Crippen molar-refractivity contribution in [3.05, 3.63) is 10.6 Å². The number of carbonyl (C=O) groups is 1. The predicted molar refractivity (Wildman–Crippen MR) is 86.1 cm³/mol. The van der Waals surface area contributed by atoms with Crippen molar-refractivity contribution in [2.24, 2.45) is 11.7 Å². The molecule has 0 spiro atoms. The summed E-state index contributed by atoms with van der Waals surface area (Å²) in [4.78, 5) is 15.5. The van der Waals surface area contributed by atoms with Crippen molar-refractivity contribution in [3.63, 3.8) is 0 Å². The Morgan fingerprint density at radius 1 is 1.40 bits per heavy atom. The van der Waals surface area contributed by atoms with Gasteiger partial charge in [-0.2, -0.15) is 0 Å². The number of nitrogens with zero attached hydrogens (tertiary/aromatic N) is 3. The summed E-state index contributed by atoms with van der Waals surface area (Å²) in [7, 11) is 0. The van der Waals surface area contributed by atoms with Gasteiger partial charge in [-0.15, -0.1) is 5.10 Å². The van der Waals surface area contributed by atoms with E-state index in [2.05, 4.69) is 23.4 Å². The summed E-state index contributed by atoms with van der Waals surface area (Å²) in [6.07, 6.45) is 0.539. The Hall–Kier alpha value is -1.08. The molecule has 2 N–H and O–H groups in total. The number of thiocarbonyl (C=S) groups is 1. The molecule has 1 heterocycles. The molecule has 0 aromatic carbocycles. The summed E-state index contributed by atoms with van der Waals surface area (Å²) in [5, 5.41) is 4.06. The Morgan fingerprint density at radius 2 is 2.05 bits per heavy atom. The lowest BCUT2D eigenvalue weighted by atomic mass is 10.1. The first-order chi connectivity index (χ1) is 9.32. The Bertz CT molecular complexity index is 471. The molecule has 1 rings (SSSR count). The van der Waals surface area contributed by atoms with Gasteiger partial charge in [-0.1, -0.05) is 44.4 Å². The molecule has 0 aliphatic rings. The van der Waals surface area contributed by atoms with Gasteiger partial charge in [0.05, 0.1) is 10.7 Å². The molecule has 20 heavy (non-hydrogen) atoms. The van der Waals surface area contributed by atoms with Crippen LogP contribution in [0.5, 0.6) is 0 Å². The van der Waals surface area contributed by atoms with Crippen LogP contribution in [-0.4, -0.2) is 38.5 Å². The second-order valence-corrected chi connectivity index (χ2v) is 6.78. The van der Waals surface area contributed by atoms with Gasteiger partial charge in [0.1, 0.15) is 4.88 Å². The minimum Gasteiger partial charge on any atom is -0.393 e. The van der Waals surface area contributed by atoms with E-state index >= 15 is 0 Å². The molecular formula is C13H22N4OS2. The minimum atomic E-state index is -0.0198. The topological polar surface area (TPSA) is 72.1 Å². The number of amides is 1. The summed E-state index contributed by atoms with van der Waals surface area (Å²) in [6, 6.07) is 0. The van der Waals surface area contributed by atoms with E-state index in [1.54, 1.807) is 4.90 Å². The fourth-order valence-electron chi connectivity index (χ4n) is 1.83. The maximum Gasteiger partial charge on any atom is 0.267 e. The normalized spacial score (nSPS) is 11.1. The highest BCUT2D eigenvalue weighted by Gasteiger charge is 2.24. The Morgan fingerprint density at radius 3 is 2.55 bits per heavy atom. The molecule has 0 radical (unpaired) electrons. The molecule has 0 unspecified atom stereocenters. The molecule has 0 aliphatic heterocycles. The van der Waals surface area contributed by atoms with E-state index in [0.29, 0.717) is 35.3 Å². The van der Waals surface area contributed by atoms with Crippen molar-refractivity contribution in [2.75, 3.05) is 13.1 Å². The van der Waals surface area contributed by atoms with Crippen LogP contribution in [0.1, 0.15) is 55.4 Å². The van der Waals surface area contributed by atoms with Gasteiger partial charge < -0.3 is 10.6 Å². The third-order valence-corrected chi connectivity index (χ3v) is 3.69. The molecule has 112 valence electrons. The zero-order valence-corrected chi connectivity index (χ0v) is 14.1. The summed E-state index contributed by atoms with van der Waals surface area (Å²) in [5.74, 6) is 0.548. The molecular weight excluding hydrogens is 292 g/mol. The first kappa shape index (κ1) is 17.0. The van der Waals surface area contributed by atoms with Crippen LogP contribution in [0.2, 0.25) is 0 Å². The van der Waals surface area contributed by atoms with Crippen LogP contribution in [0.15, 0.2) is 0 Å². The second-order valence-electron chi connectivity index (χ2n) is 5.50. The van der Waals surface area contributed by atoms with Crippen molar-refractivity contribution < 1.29 is 4.79 Å². The van der Waals surface area contributed by atoms with E-state index in [-0.39, 0.29) is 11.8 Å². The number of hydrogen-bond acceptors (Lipinski definition) is 5. The van der Waals surface area contributed by atoms with Crippen LogP contribution < -0.4 is 5.73 Å². The lowest BCUT2D eigenvalue weighted by Gasteiger charge is -2.24. The highest BCUT2D eigenvalue weighted by Crippen LogP contribution is 2.22. The number of rotatable bonds is 7. The van der Waals surface area contributed by atoms with Crippen molar-refractivity contribution >= 4 is 34.6 Å². The Kier molecular flexibility index (Phi) is 6.48. The van der Waals surface area contributed by atoms with Gasteiger partial charge in [-0.25, -0.2) is 0 Å². The van der Waals surface area contributed by atoms with E-state index in [0.717, 1.165) is 17.2 Å². The average Bonchev–Trinajstić information content (AvgIpc) is 2.82. The van der Waals surface area contributed by atoms with Crippen LogP contribution in [0.3, 0.4) is 0 Å². The van der Waals surface area contributed by atoms with Crippen LogP contribution >= 0.6 is 23.8 Å². The molecule has 0 aliphatic carbocycles. The summed E-state index contributed by atoms with van der Waals surface area (Å²) in [5.41, 5.74) is 6.31. The van der Waals surface area contributed by atoms with Gasteiger partial charge in [-0.3, -0.25) is 4.79 Å². The molecule has 0 fully saturated rings. The van der Waals surface area contributed by atoms with Crippen LogP contribution in [0, 0.1) is 5.92 Å². The Balaban J connectivity index is 2.91. The minimum absolute atomic E-state index is 0.0198. The zero-order valence-electron chi connectivity index (χ0n) is 12.4. The molecule has 0 bridgehead atoms. The molecule has 0 atom stereocenters. The predicted octanol–water partition coefficient (Wildman–Crippen LogP) is 2.44. The third-order valence-electron chi connectivity index (χ3n) is 2.76. The zero-order chi connectivity index (χ0) is 15.3. The molecule has 0 saturated heterocycles. The van der Waals surface area contributed by atoms with Gasteiger partial charge in [0.2, 0.25) is 0 Å². The highest BCUT2D eigenvalue weighted by molar-refractivity contribution is 7.80. The highest BCUT2D eigenvalue weighted by atomic mass is 32.1. The molecule has 1 aromatic heterocycles. The summed E-state index contributed by atoms with van der Waals surface area (Å²) < 4.78 is 3.91. The van der Waals surface area contributed by atoms with Gasteiger partial charge in [-0.05, 0) is 23.4 Å². The molecule has 0 saturated carbocycles. The van der Waals surface area contributed by atoms with Crippen LogP contribution in [-0.2, 0) is 0 Å². The fourth-order valence-corrected chi connectivity index (χ4v) is 2.71. The van der Waals surface area contributed by atoms with Gasteiger partial charge in [0.25, 0.3) is 5.91 Å². The molecule has 7 heteroatoms. The van der Waals surface area contributed by atoms with Crippen molar-refractivity contribution in [1.29, 1.82) is 0 Å². The van der Waals surface area contributed by atoms with E-state index in [9.17, 15) is 4.79 Å². The van der Waals surface area contributed by atoms with Crippen molar-refractivity contribution in [3.8, 4) is 0 Å². The first-order valence-electron chi connectivity index (χ1n) is 6.72. The quantitative estimate of drug-likeness (QED) is 0.783. The number of hydrogen-bond donors (Lipinski definition) is 1. The van der Waals surface area contributed by atoms with E-state index < -0.39 is 0 Å². The van der Waals surface area contributed by atoms with E-state index in [4.69, 9.17) is 18.0 Å². The summed E-state index contributed by atoms with van der Waals surface area (Å²) >= 11 is 6.06. The monoisotopic (exact) mass is 314 g/mol. The number of aromatic nitrogens is 2. The first-order valence-corrected chi connectivity index (χ1v) is 7.90.